The highest BCUT2D eigenvalue weighted by atomic mass is 32.2. The molecule has 0 radical (unpaired) electrons. The Labute approximate surface area is 158 Å². The summed E-state index contributed by atoms with van der Waals surface area (Å²) in [5.41, 5.74) is 1.67. The summed E-state index contributed by atoms with van der Waals surface area (Å²) in [6, 6.07) is 11.4. The van der Waals surface area contributed by atoms with E-state index < -0.39 is 5.92 Å². The largest absolute Gasteiger partial charge is 0.307 e. The molecule has 1 N–H and O–H groups in total. The Hall–Kier alpha value is -3.33. The number of aromatic nitrogens is 3. The van der Waals surface area contributed by atoms with Crippen molar-refractivity contribution >= 4 is 46.4 Å². The number of hydrogen-bond donors (Lipinski definition) is 1. The standard InChI is InChI=1S/C18H13N7OS/c26-16-14-9-20-23-15(14)22-18(25(16)13-5-2-1-3-6-13)27-11-12-10-24-8-4-7-19-17(24)21-12/h1-10,14H,11H2/p+1/t14-/m1/s1. The van der Waals surface area contributed by atoms with Crippen molar-refractivity contribution in [2.24, 2.45) is 16.1 Å². The van der Waals surface area contributed by atoms with Gasteiger partial charge in [-0.2, -0.15) is 4.90 Å². The van der Waals surface area contributed by atoms with Crippen molar-refractivity contribution in [2.75, 3.05) is 4.90 Å². The highest BCUT2D eigenvalue weighted by Crippen LogP contribution is 2.24. The summed E-state index contributed by atoms with van der Waals surface area (Å²) in [6.45, 7) is 0. The van der Waals surface area contributed by atoms with E-state index in [1.54, 1.807) is 17.3 Å². The molecule has 1 atom stereocenters. The van der Waals surface area contributed by atoms with Crippen LogP contribution in [-0.2, 0) is 10.5 Å². The molecule has 1 aromatic carbocycles. The average molecular weight is 376 g/mol. The highest BCUT2D eigenvalue weighted by molar-refractivity contribution is 8.13. The number of carbonyl (C=O) groups is 1. The van der Waals surface area contributed by atoms with Crippen molar-refractivity contribution in [3.05, 3.63) is 60.7 Å². The lowest BCUT2D eigenvalue weighted by atomic mass is 10.1. The van der Waals surface area contributed by atoms with E-state index in [1.165, 1.54) is 11.8 Å². The Morgan fingerprint density at radius 1 is 1.19 bits per heavy atom. The van der Waals surface area contributed by atoms with Gasteiger partial charge in [-0.15, -0.1) is 0 Å². The van der Waals surface area contributed by atoms with Crippen molar-refractivity contribution in [3.63, 3.8) is 0 Å². The minimum Gasteiger partial charge on any atom is -0.291 e. The van der Waals surface area contributed by atoms with Crippen LogP contribution in [0.25, 0.3) is 5.78 Å². The van der Waals surface area contributed by atoms with Gasteiger partial charge in [-0.1, -0.05) is 23.3 Å². The zero-order valence-electron chi connectivity index (χ0n) is 14.1. The van der Waals surface area contributed by atoms with E-state index in [0.717, 1.165) is 11.4 Å². The number of imidazole rings is 1. The summed E-state index contributed by atoms with van der Waals surface area (Å²) in [6.07, 6.45) is 7.12. The van der Waals surface area contributed by atoms with Gasteiger partial charge in [0.15, 0.2) is 5.92 Å². The average Bonchev–Trinajstić information content (AvgIpc) is 3.33. The van der Waals surface area contributed by atoms with Crippen molar-refractivity contribution in [2.45, 2.75) is 5.75 Å². The van der Waals surface area contributed by atoms with Gasteiger partial charge in [0, 0.05) is 29.4 Å². The lowest BCUT2D eigenvalue weighted by Gasteiger charge is -2.23. The number of benzene rings is 1. The number of amidine groups is 2. The molecule has 0 fully saturated rings. The van der Waals surface area contributed by atoms with Gasteiger partial charge in [-0.25, -0.2) is 15.0 Å². The summed E-state index contributed by atoms with van der Waals surface area (Å²) in [5.74, 6) is 1.26. The Morgan fingerprint density at radius 2 is 2.07 bits per heavy atom. The quantitative estimate of drug-likeness (QED) is 0.719. The fourth-order valence-electron chi connectivity index (χ4n) is 3.00. The second-order valence-electron chi connectivity index (χ2n) is 6.01. The molecule has 1 amide bonds. The summed E-state index contributed by atoms with van der Waals surface area (Å²) in [5, 5.41) is 8.63. The molecule has 4 heterocycles. The Kier molecular flexibility index (Phi) is 3.79. The van der Waals surface area contributed by atoms with E-state index in [-0.39, 0.29) is 5.91 Å². The maximum atomic E-state index is 13.0. The molecule has 0 unspecified atom stereocenters. The van der Waals surface area contributed by atoms with Gasteiger partial charge < -0.3 is 0 Å². The van der Waals surface area contributed by atoms with Gasteiger partial charge in [0.1, 0.15) is 5.69 Å². The van der Waals surface area contributed by atoms with E-state index >= 15 is 0 Å². The van der Waals surface area contributed by atoms with Crippen LogP contribution in [0.5, 0.6) is 0 Å². The Bertz CT molecular complexity index is 1090. The van der Waals surface area contributed by atoms with E-state index in [2.05, 4.69) is 25.2 Å². The van der Waals surface area contributed by atoms with Crippen LogP contribution >= 0.6 is 11.8 Å². The highest BCUT2D eigenvalue weighted by Gasteiger charge is 2.44. The van der Waals surface area contributed by atoms with E-state index in [4.69, 9.17) is 0 Å². The molecule has 9 heteroatoms. The van der Waals surface area contributed by atoms with Gasteiger partial charge in [-0.05, 0) is 30.0 Å². The summed E-state index contributed by atoms with van der Waals surface area (Å²) >= 11 is 1.49. The molecule has 0 aliphatic carbocycles. The molecule has 0 spiro atoms. The zero-order chi connectivity index (χ0) is 18.2. The zero-order valence-corrected chi connectivity index (χ0v) is 14.9. The molecule has 27 heavy (non-hydrogen) atoms. The fourth-order valence-corrected chi connectivity index (χ4v) is 3.92. The first-order chi connectivity index (χ1) is 13.3. The minimum absolute atomic E-state index is 0.0703. The molecule has 0 bridgehead atoms. The van der Waals surface area contributed by atoms with Crippen LogP contribution in [0.15, 0.2) is 65.2 Å². The SMILES string of the molecule is O=C1[C@@H]2C=NN=C2[NH+]=C(SCc2cn3cccnc3n2)N1c1ccccc1. The number of carbonyl (C=O) groups excluding carboxylic acids is 1. The minimum atomic E-state index is -0.464. The van der Waals surface area contributed by atoms with Gasteiger partial charge >= 0.3 is 5.91 Å². The normalized spacial score (nSPS) is 18.6. The third-order valence-electron chi connectivity index (χ3n) is 4.26. The Morgan fingerprint density at radius 3 is 2.93 bits per heavy atom. The van der Waals surface area contributed by atoms with Crippen molar-refractivity contribution in [1.29, 1.82) is 0 Å². The van der Waals surface area contributed by atoms with Crippen LogP contribution < -0.4 is 9.89 Å². The molecule has 0 saturated heterocycles. The second kappa shape index (κ2) is 6.44. The second-order valence-corrected chi connectivity index (χ2v) is 6.98. The molecule has 132 valence electrons. The number of thioether (sulfide) groups is 1. The van der Waals surface area contributed by atoms with Crippen molar-refractivity contribution in [3.8, 4) is 0 Å². The molecule has 8 nitrogen and oxygen atoms in total. The lowest BCUT2D eigenvalue weighted by Crippen LogP contribution is -2.85. The van der Waals surface area contributed by atoms with E-state index in [0.29, 0.717) is 22.5 Å². The van der Waals surface area contributed by atoms with Gasteiger partial charge in [0.05, 0.1) is 11.9 Å². The van der Waals surface area contributed by atoms with E-state index in [9.17, 15) is 4.79 Å². The van der Waals surface area contributed by atoms with Crippen LogP contribution in [0, 0.1) is 5.92 Å². The first kappa shape index (κ1) is 15.9. The molecule has 3 aromatic rings. The van der Waals surface area contributed by atoms with Crippen LogP contribution in [-0.4, -0.2) is 37.5 Å². The number of fused-ring (bicyclic) bond motifs is 2. The molecule has 2 aromatic heterocycles. The Balaban J connectivity index is 1.47. The predicted octanol–water partition coefficient (Wildman–Crippen LogP) is 0.460. The smallest absolute Gasteiger partial charge is 0.291 e. The number of hydrogen-bond acceptors (Lipinski definition) is 6. The number of nitrogens with zero attached hydrogens (tertiary/aromatic N) is 6. The molecule has 2 aliphatic rings. The van der Waals surface area contributed by atoms with Gasteiger partial charge in [-0.3, -0.25) is 9.20 Å². The van der Waals surface area contributed by atoms with Crippen molar-refractivity contribution in [1.82, 2.24) is 14.4 Å². The third-order valence-corrected chi connectivity index (χ3v) is 5.26. The topological polar surface area (TPSA) is 89.2 Å². The molecular formula is C18H14N7OS+. The molecule has 5 rings (SSSR count). The number of para-hydroxylation sites is 1. The number of anilines is 1. The van der Waals surface area contributed by atoms with Crippen LogP contribution in [0.1, 0.15) is 5.69 Å². The molecular weight excluding hydrogens is 362 g/mol. The van der Waals surface area contributed by atoms with Crippen LogP contribution in [0.2, 0.25) is 0 Å². The van der Waals surface area contributed by atoms with Gasteiger partial charge in [0.2, 0.25) is 5.78 Å². The number of rotatable bonds is 3. The van der Waals surface area contributed by atoms with Crippen molar-refractivity contribution < 1.29 is 9.79 Å². The van der Waals surface area contributed by atoms with E-state index in [1.807, 2.05) is 53.2 Å². The predicted molar refractivity (Wildman–Crippen MR) is 104 cm³/mol. The monoisotopic (exact) mass is 376 g/mol. The lowest BCUT2D eigenvalue weighted by molar-refractivity contribution is -0.320. The third kappa shape index (κ3) is 2.81. The van der Waals surface area contributed by atoms with Gasteiger partial charge in [0.25, 0.3) is 11.0 Å². The molecule has 0 saturated carbocycles. The number of amides is 1. The maximum Gasteiger partial charge on any atom is 0.307 e. The summed E-state index contributed by atoms with van der Waals surface area (Å²) in [4.78, 5) is 26.7. The summed E-state index contributed by atoms with van der Waals surface area (Å²) < 4.78 is 1.87. The number of nitrogens with one attached hydrogen (secondary N) is 1. The first-order valence-electron chi connectivity index (χ1n) is 8.35. The summed E-state index contributed by atoms with van der Waals surface area (Å²) in [7, 11) is 0. The van der Waals surface area contributed by atoms with Crippen LogP contribution in [0.3, 0.4) is 0 Å². The molecule has 2 aliphatic heterocycles. The van der Waals surface area contributed by atoms with Crippen LogP contribution in [0.4, 0.5) is 5.69 Å². The maximum absolute atomic E-state index is 13.0. The fraction of sp³-hybridized carbons (Fsp3) is 0.111. The first-order valence-corrected chi connectivity index (χ1v) is 9.33.